The van der Waals surface area contributed by atoms with E-state index in [1.807, 2.05) is 6.07 Å². The summed E-state index contributed by atoms with van der Waals surface area (Å²) < 4.78 is 1.11. The summed E-state index contributed by atoms with van der Waals surface area (Å²) in [5.74, 6) is 0. The van der Waals surface area contributed by atoms with Gasteiger partial charge in [0, 0.05) is 23.3 Å². The summed E-state index contributed by atoms with van der Waals surface area (Å²) in [6.07, 6.45) is 1.81. The Bertz CT molecular complexity index is 289. The molecule has 2 nitrogen and oxygen atoms in total. The Morgan fingerprint density at radius 3 is 2.86 bits per heavy atom. The highest BCUT2D eigenvalue weighted by molar-refractivity contribution is 9.10. The fourth-order valence-corrected chi connectivity index (χ4v) is 1.74. The van der Waals surface area contributed by atoms with E-state index in [-0.39, 0.29) is 6.61 Å². The monoisotopic (exact) mass is 257 g/mol. The van der Waals surface area contributed by atoms with Crippen molar-refractivity contribution in [2.45, 2.75) is 19.8 Å². The number of hydrogen-bond donors (Lipinski definition) is 2. The fraction of sp³-hybridized carbons (Fsp3) is 0.455. The zero-order chi connectivity index (χ0) is 10.4. The molecular formula is C11H16BrNO. The van der Waals surface area contributed by atoms with Gasteiger partial charge < -0.3 is 10.4 Å². The molecule has 0 bridgehead atoms. The van der Waals surface area contributed by atoms with Crippen LogP contribution < -0.4 is 5.32 Å². The van der Waals surface area contributed by atoms with Crippen molar-refractivity contribution < 1.29 is 5.11 Å². The van der Waals surface area contributed by atoms with E-state index >= 15 is 0 Å². The number of aryl methyl sites for hydroxylation is 1. The Hall–Kier alpha value is -0.540. The first-order valence-corrected chi connectivity index (χ1v) is 5.70. The summed E-state index contributed by atoms with van der Waals surface area (Å²) in [5, 5.41) is 12.0. The molecule has 14 heavy (non-hydrogen) atoms. The van der Waals surface area contributed by atoms with Gasteiger partial charge in [-0.15, -0.1) is 0 Å². The van der Waals surface area contributed by atoms with Gasteiger partial charge in [-0.1, -0.05) is 22.9 Å². The molecule has 1 aromatic rings. The van der Waals surface area contributed by atoms with Gasteiger partial charge in [-0.2, -0.15) is 0 Å². The summed E-state index contributed by atoms with van der Waals surface area (Å²) >= 11 is 3.45. The van der Waals surface area contributed by atoms with Gasteiger partial charge >= 0.3 is 0 Å². The van der Waals surface area contributed by atoms with Crippen LogP contribution in [-0.2, 0) is 6.42 Å². The van der Waals surface area contributed by atoms with Crippen molar-refractivity contribution >= 4 is 21.6 Å². The van der Waals surface area contributed by atoms with Gasteiger partial charge in [-0.3, -0.25) is 0 Å². The van der Waals surface area contributed by atoms with Crippen molar-refractivity contribution in [3.05, 3.63) is 28.2 Å². The van der Waals surface area contributed by atoms with Crippen molar-refractivity contribution in [3.8, 4) is 0 Å². The van der Waals surface area contributed by atoms with E-state index in [0.29, 0.717) is 0 Å². The maximum Gasteiger partial charge on any atom is 0.0447 e. The fourth-order valence-electron chi connectivity index (χ4n) is 1.33. The second kappa shape index (κ2) is 6.04. The van der Waals surface area contributed by atoms with Crippen LogP contribution in [0.5, 0.6) is 0 Å². The van der Waals surface area contributed by atoms with E-state index in [1.165, 1.54) is 11.3 Å². The molecule has 0 aliphatic heterocycles. The van der Waals surface area contributed by atoms with E-state index in [0.717, 1.165) is 23.9 Å². The van der Waals surface area contributed by atoms with E-state index < -0.39 is 0 Å². The molecule has 0 aliphatic rings. The minimum atomic E-state index is 0.241. The molecular weight excluding hydrogens is 242 g/mol. The van der Waals surface area contributed by atoms with Crippen LogP contribution >= 0.6 is 15.9 Å². The molecule has 0 atom stereocenters. The summed E-state index contributed by atoms with van der Waals surface area (Å²) in [5.41, 5.74) is 2.47. The molecule has 0 saturated carbocycles. The average Bonchev–Trinajstić information content (AvgIpc) is 2.20. The van der Waals surface area contributed by atoms with Gasteiger partial charge in [0.15, 0.2) is 0 Å². The molecule has 0 aliphatic carbocycles. The molecule has 0 amide bonds. The lowest BCUT2D eigenvalue weighted by Gasteiger charge is -2.10. The van der Waals surface area contributed by atoms with Crippen LogP contribution in [0.1, 0.15) is 18.9 Å². The predicted molar refractivity (Wildman–Crippen MR) is 63.7 cm³/mol. The van der Waals surface area contributed by atoms with Gasteiger partial charge in [0.1, 0.15) is 0 Å². The van der Waals surface area contributed by atoms with Crippen LogP contribution in [0, 0.1) is 0 Å². The van der Waals surface area contributed by atoms with Crippen LogP contribution in [0.3, 0.4) is 0 Å². The van der Waals surface area contributed by atoms with Crippen LogP contribution in [-0.4, -0.2) is 18.3 Å². The number of aliphatic hydroxyl groups excluding tert-OH is 1. The van der Waals surface area contributed by atoms with E-state index in [2.05, 4.69) is 40.3 Å². The minimum absolute atomic E-state index is 0.241. The Labute approximate surface area is 93.5 Å². The maximum absolute atomic E-state index is 8.67. The molecule has 0 unspecified atom stereocenters. The molecule has 3 heteroatoms. The van der Waals surface area contributed by atoms with Crippen molar-refractivity contribution in [1.82, 2.24) is 0 Å². The number of anilines is 1. The summed E-state index contributed by atoms with van der Waals surface area (Å²) in [7, 11) is 0. The van der Waals surface area contributed by atoms with Gasteiger partial charge in [-0.25, -0.2) is 0 Å². The Kier molecular flexibility index (Phi) is 4.98. The predicted octanol–water partition coefficient (Wildman–Crippen LogP) is 2.81. The molecule has 78 valence electrons. The SMILES string of the molecule is CCc1cc(Br)ccc1NCCCO. The lowest BCUT2D eigenvalue weighted by molar-refractivity contribution is 0.292. The van der Waals surface area contributed by atoms with Crippen molar-refractivity contribution in [2.24, 2.45) is 0 Å². The molecule has 0 saturated heterocycles. The molecule has 0 radical (unpaired) electrons. The lowest BCUT2D eigenvalue weighted by atomic mass is 10.1. The second-order valence-electron chi connectivity index (χ2n) is 3.16. The maximum atomic E-state index is 8.67. The largest absolute Gasteiger partial charge is 0.396 e. The van der Waals surface area contributed by atoms with Crippen LogP contribution in [0.25, 0.3) is 0 Å². The smallest absolute Gasteiger partial charge is 0.0447 e. The molecule has 1 rings (SSSR count). The first kappa shape index (κ1) is 11.5. The van der Waals surface area contributed by atoms with E-state index in [9.17, 15) is 0 Å². The van der Waals surface area contributed by atoms with Crippen LogP contribution in [0.4, 0.5) is 5.69 Å². The third-order valence-corrected chi connectivity index (χ3v) is 2.59. The number of benzene rings is 1. The number of halogens is 1. The third kappa shape index (κ3) is 3.31. The first-order valence-electron chi connectivity index (χ1n) is 4.91. The topological polar surface area (TPSA) is 32.3 Å². The molecule has 0 heterocycles. The zero-order valence-corrected chi connectivity index (χ0v) is 9.97. The van der Waals surface area contributed by atoms with Gasteiger partial charge in [0.05, 0.1) is 0 Å². The highest BCUT2D eigenvalue weighted by atomic mass is 79.9. The van der Waals surface area contributed by atoms with Crippen molar-refractivity contribution in [1.29, 1.82) is 0 Å². The molecule has 2 N–H and O–H groups in total. The summed E-state index contributed by atoms with van der Waals surface area (Å²) in [6, 6.07) is 6.22. The summed E-state index contributed by atoms with van der Waals surface area (Å²) in [6.45, 7) is 3.20. The molecule has 0 aromatic heterocycles. The molecule has 0 spiro atoms. The third-order valence-electron chi connectivity index (χ3n) is 2.10. The second-order valence-corrected chi connectivity index (χ2v) is 4.07. The number of nitrogens with one attached hydrogen (secondary N) is 1. The van der Waals surface area contributed by atoms with E-state index in [1.54, 1.807) is 0 Å². The number of rotatable bonds is 5. The number of aliphatic hydroxyl groups is 1. The average molecular weight is 258 g/mol. The molecule has 1 aromatic carbocycles. The lowest BCUT2D eigenvalue weighted by Crippen LogP contribution is -2.05. The van der Waals surface area contributed by atoms with Gasteiger partial charge in [0.2, 0.25) is 0 Å². The standard InChI is InChI=1S/C11H16BrNO/c1-2-9-8-10(12)4-5-11(9)13-6-3-7-14/h4-5,8,13-14H,2-3,6-7H2,1H3. The van der Waals surface area contributed by atoms with Crippen LogP contribution in [0.15, 0.2) is 22.7 Å². The Balaban J connectivity index is 2.65. The summed E-state index contributed by atoms with van der Waals surface area (Å²) in [4.78, 5) is 0. The van der Waals surface area contributed by atoms with Crippen LogP contribution in [0.2, 0.25) is 0 Å². The minimum Gasteiger partial charge on any atom is -0.396 e. The quantitative estimate of drug-likeness (QED) is 0.796. The Morgan fingerprint density at radius 2 is 2.21 bits per heavy atom. The molecule has 0 fully saturated rings. The highest BCUT2D eigenvalue weighted by Gasteiger charge is 2.00. The first-order chi connectivity index (χ1) is 6.77. The zero-order valence-electron chi connectivity index (χ0n) is 8.39. The Morgan fingerprint density at radius 1 is 1.43 bits per heavy atom. The van der Waals surface area contributed by atoms with Gasteiger partial charge in [0.25, 0.3) is 0 Å². The van der Waals surface area contributed by atoms with E-state index in [4.69, 9.17) is 5.11 Å². The number of hydrogen-bond acceptors (Lipinski definition) is 2. The van der Waals surface area contributed by atoms with Crippen molar-refractivity contribution in [2.75, 3.05) is 18.5 Å². The normalized spacial score (nSPS) is 10.2. The van der Waals surface area contributed by atoms with Gasteiger partial charge in [-0.05, 0) is 36.6 Å². The highest BCUT2D eigenvalue weighted by Crippen LogP contribution is 2.21. The van der Waals surface area contributed by atoms with Crippen molar-refractivity contribution in [3.63, 3.8) is 0 Å².